The summed E-state index contributed by atoms with van der Waals surface area (Å²) in [6.07, 6.45) is 7.42. The molecule has 0 radical (unpaired) electrons. The normalized spacial score (nSPS) is 32.4. The molecule has 0 N–H and O–H groups in total. The van der Waals surface area contributed by atoms with Gasteiger partial charge in [0, 0.05) is 13.1 Å². The van der Waals surface area contributed by atoms with Crippen molar-refractivity contribution >= 4 is 12.6 Å². The van der Waals surface area contributed by atoms with Crippen molar-refractivity contribution in [2.24, 2.45) is 17.3 Å². The smallest absolute Gasteiger partial charge is 0.00406 e. The Kier molecular flexibility index (Phi) is 4.23. The second kappa shape index (κ2) is 5.30. The van der Waals surface area contributed by atoms with Gasteiger partial charge in [-0.1, -0.05) is 33.1 Å². The van der Waals surface area contributed by atoms with Gasteiger partial charge in [-0.15, -0.1) is 0 Å². The van der Waals surface area contributed by atoms with Crippen LogP contribution in [0, 0.1) is 17.3 Å². The molecule has 2 unspecified atom stereocenters. The molecule has 1 nitrogen and oxygen atoms in total. The molecule has 0 aromatic rings. The van der Waals surface area contributed by atoms with Gasteiger partial charge in [0.1, 0.15) is 0 Å². The van der Waals surface area contributed by atoms with E-state index in [2.05, 4.69) is 31.4 Å². The summed E-state index contributed by atoms with van der Waals surface area (Å²) in [6, 6.07) is 0. The summed E-state index contributed by atoms with van der Waals surface area (Å²) < 4.78 is 0. The Balaban J connectivity index is 1.85. The van der Waals surface area contributed by atoms with Crippen molar-refractivity contribution in [2.75, 3.05) is 25.4 Å². The highest BCUT2D eigenvalue weighted by molar-refractivity contribution is 7.80. The van der Waals surface area contributed by atoms with Crippen LogP contribution in [0.2, 0.25) is 0 Å². The molecule has 1 heterocycles. The molecule has 2 heteroatoms. The molecule has 0 aromatic heterocycles. The lowest BCUT2D eigenvalue weighted by Crippen LogP contribution is -2.45. The van der Waals surface area contributed by atoms with E-state index in [1.54, 1.807) is 0 Å². The van der Waals surface area contributed by atoms with E-state index in [-0.39, 0.29) is 0 Å². The van der Waals surface area contributed by atoms with Gasteiger partial charge in [-0.2, -0.15) is 12.6 Å². The molecule has 2 atom stereocenters. The van der Waals surface area contributed by atoms with Gasteiger partial charge >= 0.3 is 0 Å². The molecule has 0 spiro atoms. The van der Waals surface area contributed by atoms with Crippen LogP contribution in [-0.2, 0) is 0 Å². The van der Waals surface area contributed by atoms with Gasteiger partial charge in [-0.3, -0.25) is 0 Å². The standard InChI is InChI=1S/C14H27NS/c1-14(2,11-16)10-15-8-7-12-5-3-4-6-13(12)9-15/h12-13,16H,3-11H2,1-2H3. The fourth-order valence-electron chi connectivity index (χ4n) is 3.48. The quantitative estimate of drug-likeness (QED) is 0.741. The molecule has 0 bridgehead atoms. The molecular weight excluding hydrogens is 214 g/mol. The summed E-state index contributed by atoms with van der Waals surface area (Å²) in [6.45, 7) is 8.61. The molecule has 16 heavy (non-hydrogen) atoms. The van der Waals surface area contributed by atoms with Gasteiger partial charge in [0.15, 0.2) is 0 Å². The Labute approximate surface area is 106 Å². The number of piperidine rings is 1. The van der Waals surface area contributed by atoms with Crippen molar-refractivity contribution in [3.8, 4) is 0 Å². The SMILES string of the molecule is CC(C)(CS)CN1CCC2CCCCC2C1. The summed E-state index contributed by atoms with van der Waals surface area (Å²) >= 11 is 4.47. The van der Waals surface area contributed by atoms with E-state index in [1.807, 2.05) is 0 Å². The van der Waals surface area contributed by atoms with Crippen molar-refractivity contribution in [1.82, 2.24) is 4.90 Å². The van der Waals surface area contributed by atoms with Crippen molar-refractivity contribution < 1.29 is 0 Å². The van der Waals surface area contributed by atoms with E-state index in [0.29, 0.717) is 5.41 Å². The number of nitrogens with zero attached hydrogens (tertiary/aromatic N) is 1. The summed E-state index contributed by atoms with van der Waals surface area (Å²) in [5.74, 6) is 3.07. The topological polar surface area (TPSA) is 3.24 Å². The van der Waals surface area contributed by atoms with Crippen LogP contribution < -0.4 is 0 Å². The van der Waals surface area contributed by atoms with Crippen LogP contribution in [-0.4, -0.2) is 30.3 Å². The molecule has 0 amide bonds. The van der Waals surface area contributed by atoms with Gasteiger partial charge in [0.05, 0.1) is 0 Å². The van der Waals surface area contributed by atoms with E-state index < -0.39 is 0 Å². The maximum Gasteiger partial charge on any atom is 0.00406 e. The Hall–Kier alpha value is 0.310. The molecule has 2 aliphatic rings. The molecule has 2 fully saturated rings. The summed E-state index contributed by atoms with van der Waals surface area (Å²) in [7, 11) is 0. The fourth-order valence-corrected chi connectivity index (χ4v) is 3.58. The third-order valence-electron chi connectivity index (χ3n) is 4.45. The highest BCUT2D eigenvalue weighted by Crippen LogP contribution is 2.36. The predicted molar refractivity (Wildman–Crippen MR) is 74.1 cm³/mol. The Morgan fingerprint density at radius 1 is 1.12 bits per heavy atom. The number of hydrogen-bond donors (Lipinski definition) is 1. The minimum atomic E-state index is 0.380. The maximum absolute atomic E-state index is 4.47. The predicted octanol–water partition coefficient (Wildman–Crippen LogP) is 3.45. The van der Waals surface area contributed by atoms with E-state index in [1.165, 1.54) is 51.7 Å². The van der Waals surface area contributed by atoms with Crippen LogP contribution >= 0.6 is 12.6 Å². The zero-order chi connectivity index (χ0) is 11.6. The number of hydrogen-bond acceptors (Lipinski definition) is 2. The maximum atomic E-state index is 4.47. The van der Waals surface area contributed by atoms with E-state index >= 15 is 0 Å². The zero-order valence-corrected chi connectivity index (χ0v) is 11.8. The number of rotatable bonds is 3. The minimum absolute atomic E-state index is 0.380. The Morgan fingerprint density at radius 3 is 2.50 bits per heavy atom. The van der Waals surface area contributed by atoms with Crippen molar-refractivity contribution in [2.45, 2.75) is 46.0 Å². The van der Waals surface area contributed by atoms with Crippen molar-refractivity contribution in [1.29, 1.82) is 0 Å². The van der Waals surface area contributed by atoms with Gasteiger partial charge in [0.25, 0.3) is 0 Å². The highest BCUT2D eigenvalue weighted by Gasteiger charge is 2.32. The number of thiol groups is 1. The van der Waals surface area contributed by atoms with Crippen LogP contribution in [0.4, 0.5) is 0 Å². The van der Waals surface area contributed by atoms with Crippen molar-refractivity contribution in [3.63, 3.8) is 0 Å². The zero-order valence-electron chi connectivity index (χ0n) is 10.9. The monoisotopic (exact) mass is 241 g/mol. The molecule has 0 aromatic carbocycles. The molecule has 1 aliphatic heterocycles. The molecule has 94 valence electrons. The first-order valence-electron chi connectivity index (χ1n) is 6.94. The lowest BCUT2D eigenvalue weighted by molar-refractivity contribution is 0.0654. The van der Waals surface area contributed by atoms with E-state index in [9.17, 15) is 0 Å². The van der Waals surface area contributed by atoms with Crippen LogP contribution in [0.25, 0.3) is 0 Å². The summed E-state index contributed by atoms with van der Waals surface area (Å²) in [5, 5.41) is 0. The fraction of sp³-hybridized carbons (Fsp3) is 1.00. The number of fused-ring (bicyclic) bond motifs is 1. The first-order valence-corrected chi connectivity index (χ1v) is 7.57. The Morgan fingerprint density at radius 2 is 1.81 bits per heavy atom. The first-order chi connectivity index (χ1) is 7.61. The third kappa shape index (κ3) is 3.16. The first kappa shape index (κ1) is 12.8. The van der Waals surface area contributed by atoms with Gasteiger partial charge in [-0.25, -0.2) is 0 Å². The lowest BCUT2D eigenvalue weighted by Gasteiger charge is -2.43. The van der Waals surface area contributed by atoms with Crippen LogP contribution in [0.3, 0.4) is 0 Å². The molecule has 1 saturated heterocycles. The van der Waals surface area contributed by atoms with Crippen LogP contribution in [0.5, 0.6) is 0 Å². The minimum Gasteiger partial charge on any atom is -0.302 e. The van der Waals surface area contributed by atoms with Crippen LogP contribution in [0.15, 0.2) is 0 Å². The number of likely N-dealkylation sites (tertiary alicyclic amines) is 1. The third-order valence-corrected chi connectivity index (χ3v) is 5.31. The lowest BCUT2D eigenvalue weighted by atomic mass is 9.75. The Bertz CT molecular complexity index is 227. The average molecular weight is 241 g/mol. The largest absolute Gasteiger partial charge is 0.302 e. The summed E-state index contributed by atoms with van der Waals surface area (Å²) in [5.41, 5.74) is 0.380. The average Bonchev–Trinajstić information content (AvgIpc) is 2.28. The summed E-state index contributed by atoms with van der Waals surface area (Å²) in [4.78, 5) is 2.70. The van der Waals surface area contributed by atoms with Gasteiger partial charge < -0.3 is 4.90 Å². The van der Waals surface area contributed by atoms with Gasteiger partial charge in [0.2, 0.25) is 0 Å². The van der Waals surface area contributed by atoms with Crippen LogP contribution in [0.1, 0.15) is 46.0 Å². The second-order valence-electron chi connectivity index (χ2n) is 6.65. The van der Waals surface area contributed by atoms with E-state index in [0.717, 1.165) is 17.6 Å². The second-order valence-corrected chi connectivity index (χ2v) is 6.97. The molecule has 1 saturated carbocycles. The molecular formula is C14H27NS. The molecule has 2 rings (SSSR count). The van der Waals surface area contributed by atoms with E-state index in [4.69, 9.17) is 0 Å². The highest BCUT2D eigenvalue weighted by atomic mass is 32.1. The van der Waals surface area contributed by atoms with Crippen molar-refractivity contribution in [3.05, 3.63) is 0 Å². The molecule has 1 aliphatic carbocycles. The van der Waals surface area contributed by atoms with Gasteiger partial charge in [-0.05, 0) is 42.4 Å².